The summed E-state index contributed by atoms with van der Waals surface area (Å²) in [5, 5.41) is 9.34. The molecule has 0 fully saturated rings. The third kappa shape index (κ3) is 5.11. The van der Waals surface area contributed by atoms with Crippen molar-refractivity contribution >= 4 is 11.1 Å². The summed E-state index contributed by atoms with van der Waals surface area (Å²) in [6.07, 6.45) is 2.25. The Labute approximate surface area is 129 Å². The van der Waals surface area contributed by atoms with Crippen LogP contribution in [0.15, 0.2) is 54.6 Å². The molecule has 0 radical (unpaired) electrons. The number of benzene rings is 2. The third-order valence-corrected chi connectivity index (χ3v) is 3.23. The zero-order valence-corrected chi connectivity index (χ0v) is 13.6. The van der Waals surface area contributed by atoms with Gasteiger partial charge in [0.25, 0.3) is 0 Å². The van der Waals surface area contributed by atoms with E-state index in [1.54, 1.807) is 12.1 Å². The Morgan fingerprint density at radius 2 is 1.33 bits per heavy atom. The summed E-state index contributed by atoms with van der Waals surface area (Å²) in [5.74, 6) is 0.310. The molecule has 0 spiro atoms. The number of allylic oxidation sites excluding steroid dienone is 2. The number of hydrogen-bond donors (Lipinski definition) is 1. The minimum absolute atomic E-state index is 0.310. The average Bonchev–Trinajstić information content (AvgIpc) is 2.50. The molecule has 0 unspecified atom stereocenters. The van der Waals surface area contributed by atoms with Crippen molar-refractivity contribution in [3.8, 4) is 5.75 Å². The second-order valence-electron chi connectivity index (χ2n) is 5.08. The highest BCUT2D eigenvalue weighted by molar-refractivity contribution is 5.89. The number of rotatable bonds is 3. The molecule has 0 saturated heterocycles. The van der Waals surface area contributed by atoms with E-state index >= 15 is 0 Å². The first-order valence-electron chi connectivity index (χ1n) is 7.68. The molecule has 2 rings (SSSR count). The first kappa shape index (κ1) is 17.0. The van der Waals surface area contributed by atoms with E-state index in [4.69, 9.17) is 0 Å². The molecule has 0 amide bonds. The van der Waals surface area contributed by atoms with E-state index < -0.39 is 0 Å². The second kappa shape index (κ2) is 9.02. The highest BCUT2D eigenvalue weighted by atomic mass is 16.3. The lowest BCUT2D eigenvalue weighted by atomic mass is 9.94. The molecule has 1 nitrogen and oxygen atoms in total. The lowest BCUT2D eigenvalue weighted by molar-refractivity contribution is 0.475. The Bertz CT molecular complexity index is 550. The van der Waals surface area contributed by atoms with Crippen LogP contribution in [0.25, 0.3) is 11.1 Å². The van der Waals surface area contributed by atoms with Gasteiger partial charge in [0, 0.05) is 0 Å². The van der Waals surface area contributed by atoms with Crippen LogP contribution in [0.5, 0.6) is 5.75 Å². The largest absolute Gasteiger partial charge is 0.508 e. The highest BCUT2D eigenvalue weighted by Gasteiger charge is 2.05. The topological polar surface area (TPSA) is 20.2 Å². The van der Waals surface area contributed by atoms with Crippen LogP contribution in [-0.2, 0) is 0 Å². The molecule has 0 aliphatic carbocycles. The van der Waals surface area contributed by atoms with Crippen molar-refractivity contribution in [3.63, 3.8) is 0 Å². The highest BCUT2D eigenvalue weighted by Crippen LogP contribution is 2.29. The van der Waals surface area contributed by atoms with Crippen molar-refractivity contribution < 1.29 is 5.11 Å². The van der Waals surface area contributed by atoms with Crippen LogP contribution in [0.1, 0.15) is 51.7 Å². The fraction of sp³-hybridized carbons (Fsp3) is 0.300. The van der Waals surface area contributed by atoms with Crippen molar-refractivity contribution in [1.29, 1.82) is 0 Å². The minimum Gasteiger partial charge on any atom is -0.508 e. The van der Waals surface area contributed by atoms with Gasteiger partial charge in [0.15, 0.2) is 0 Å². The van der Waals surface area contributed by atoms with Gasteiger partial charge in [-0.15, -0.1) is 0 Å². The van der Waals surface area contributed by atoms with E-state index in [-0.39, 0.29) is 0 Å². The summed E-state index contributed by atoms with van der Waals surface area (Å²) < 4.78 is 0. The van der Waals surface area contributed by atoms with Gasteiger partial charge >= 0.3 is 0 Å². The zero-order valence-electron chi connectivity index (χ0n) is 13.6. The molecule has 0 aliphatic rings. The van der Waals surface area contributed by atoms with E-state index in [0.29, 0.717) is 5.75 Å². The lowest BCUT2D eigenvalue weighted by Gasteiger charge is -2.11. The smallest absolute Gasteiger partial charge is 0.115 e. The van der Waals surface area contributed by atoms with Crippen LogP contribution in [-0.4, -0.2) is 5.11 Å². The summed E-state index contributed by atoms with van der Waals surface area (Å²) in [7, 11) is 0. The molecular weight excluding hydrogens is 256 g/mol. The quantitative estimate of drug-likeness (QED) is 0.669. The maximum absolute atomic E-state index is 9.34. The van der Waals surface area contributed by atoms with Gasteiger partial charge in [0.2, 0.25) is 0 Å². The van der Waals surface area contributed by atoms with E-state index in [2.05, 4.69) is 52.0 Å². The molecule has 1 heteroatoms. The Morgan fingerprint density at radius 3 is 1.81 bits per heavy atom. The Balaban J connectivity index is 0.000000677. The molecule has 112 valence electrons. The molecule has 0 atom stereocenters. The van der Waals surface area contributed by atoms with Gasteiger partial charge in [0.05, 0.1) is 0 Å². The Kier molecular flexibility index (Phi) is 7.31. The fourth-order valence-corrected chi connectivity index (χ4v) is 2.21. The zero-order chi connectivity index (χ0) is 15.7. The molecular formula is C20H26O. The molecule has 2 aromatic rings. The summed E-state index contributed by atoms with van der Waals surface area (Å²) in [6.45, 7) is 8.56. The van der Waals surface area contributed by atoms with E-state index in [1.165, 1.54) is 23.1 Å². The maximum Gasteiger partial charge on any atom is 0.115 e. The van der Waals surface area contributed by atoms with Crippen LogP contribution in [0, 0.1) is 0 Å². The van der Waals surface area contributed by atoms with E-state index in [9.17, 15) is 5.11 Å². The van der Waals surface area contributed by atoms with Crippen LogP contribution >= 0.6 is 0 Å². The first-order valence-corrected chi connectivity index (χ1v) is 7.68. The normalized spacial score (nSPS) is 11.2. The van der Waals surface area contributed by atoms with E-state index in [0.717, 1.165) is 12.0 Å². The Morgan fingerprint density at radius 1 is 0.810 bits per heavy atom. The molecule has 0 heterocycles. The molecule has 0 bridgehead atoms. The fourth-order valence-electron chi connectivity index (χ4n) is 2.21. The lowest BCUT2D eigenvalue weighted by Crippen LogP contribution is -1.88. The molecule has 2 aromatic carbocycles. The molecule has 0 aromatic heterocycles. The first-order chi connectivity index (χ1) is 10.1. The monoisotopic (exact) mass is 282 g/mol. The summed E-state index contributed by atoms with van der Waals surface area (Å²) in [5.41, 5.74) is 5.05. The summed E-state index contributed by atoms with van der Waals surface area (Å²) >= 11 is 0. The minimum atomic E-state index is 0.310. The third-order valence-electron chi connectivity index (χ3n) is 3.23. The predicted molar refractivity (Wildman–Crippen MR) is 93.3 cm³/mol. The van der Waals surface area contributed by atoms with Crippen molar-refractivity contribution in [2.45, 2.75) is 40.5 Å². The Hall–Kier alpha value is -2.02. The van der Waals surface area contributed by atoms with Crippen molar-refractivity contribution in [2.75, 3.05) is 0 Å². The molecule has 0 saturated carbocycles. The summed E-state index contributed by atoms with van der Waals surface area (Å²) in [4.78, 5) is 0. The van der Waals surface area contributed by atoms with Crippen LogP contribution in [0.3, 0.4) is 0 Å². The van der Waals surface area contributed by atoms with Gasteiger partial charge < -0.3 is 5.11 Å². The van der Waals surface area contributed by atoms with Crippen molar-refractivity contribution in [2.24, 2.45) is 0 Å². The predicted octanol–water partition coefficient (Wildman–Crippen LogP) is 6.15. The van der Waals surface area contributed by atoms with Crippen LogP contribution in [0.2, 0.25) is 0 Å². The van der Waals surface area contributed by atoms with Crippen molar-refractivity contribution in [1.82, 2.24) is 0 Å². The van der Waals surface area contributed by atoms with Gasteiger partial charge in [0.1, 0.15) is 5.75 Å². The average molecular weight is 282 g/mol. The second-order valence-corrected chi connectivity index (χ2v) is 5.08. The van der Waals surface area contributed by atoms with E-state index in [1.807, 2.05) is 18.2 Å². The molecule has 1 N–H and O–H groups in total. The van der Waals surface area contributed by atoms with Crippen LogP contribution in [0.4, 0.5) is 0 Å². The van der Waals surface area contributed by atoms with Crippen LogP contribution < -0.4 is 0 Å². The number of phenols is 1. The summed E-state index contributed by atoms with van der Waals surface area (Å²) in [6, 6.07) is 17.8. The van der Waals surface area contributed by atoms with Crippen molar-refractivity contribution in [3.05, 3.63) is 65.7 Å². The maximum atomic E-state index is 9.34. The van der Waals surface area contributed by atoms with Gasteiger partial charge in [-0.05, 0) is 47.8 Å². The molecule has 21 heavy (non-hydrogen) atoms. The van der Waals surface area contributed by atoms with Gasteiger partial charge in [-0.25, -0.2) is 0 Å². The number of phenolic OH excluding ortho intramolecular Hbond substituents is 1. The van der Waals surface area contributed by atoms with Gasteiger partial charge in [-0.1, -0.05) is 69.7 Å². The van der Waals surface area contributed by atoms with Gasteiger partial charge in [-0.2, -0.15) is 0 Å². The number of hydrogen-bond acceptors (Lipinski definition) is 1. The van der Waals surface area contributed by atoms with Gasteiger partial charge in [-0.3, -0.25) is 0 Å². The standard InChI is InChI=1S/C17H18O.C3H8/c1-3-17(15-7-5-4-6-8-15)13(2)14-9-11-16(18)12-10-14;1-3-2/h4-12,18H,3H2,1-2H3;3H2,1-2H3/b17-13-;. The molecule has 0 aliphatic heterocycles. The number of aromatic hydroxyl groups is 1. The SMILES string of the molecule is CC/C(=C(\C)c1ccc(O)cc1)c1ccccc1.CCC.